The molecule has 0 saturated carbocycles. The van der Waals surface area contributed by atoms with Crippen molar-refractivity contribution in [2.45, 2.75) is 0 Å². The normalized spacial score (nSPS) is 10.8. The SMILES string of the molecule is [B]c1ccc2nn(-c3cccnc3)cc2n1. The van der Waals surface area contributed by atoms with Gasteiger partial charge in [0.05, 0.1) is 18.1 Å². The molecule has 0 saturated heterocycles. The first-order valence-corrected chi connectivity index (χ1v) is 4.85. The molecule has 3 aromatic rings. The van der Waals surface area contributed by atoms with Crippen LogP contribution in [0.1, 0.15) is 0 Å². The van der Waals surface area contributed by atoms with Crippen LogP contribution in [0, 0.1) is 0 Å². The number of hydrogen-bond acceptors (Lipinski definition) is 3. The van der Waals surface area contributed by atoms with E-state index in [-0.39, 0.29) is 0 Å². The first-order chi connectivity index (χ1) is 7.83. The van der Waals surface area contributed by atoms with Crippen LogP contribution < -0.4 is 5.59 Å². The maximum absolute atomic E-state index is 5.61. The molecule has 0 aromatic carbocycles. The zero-order valence-corrected chi connectivity index (χ0v) is 8.41. The van der Waals surface area contributed by atoms with Gasteiger partial charge in [-0.2, -0.15) is 5.10 Å². The molecule has 0 N–H and O–H groups in total. The molecule has 0 atom stereocenters. The maximum Gasteiger partial charge on any atom is 0.141 e. The number of aromatic nitrogens is 4. The first kappa shape index (κ1) is 9.09. The second-order valence-corrected chi connectivity index (χ2v) is 3.43. The Morgan fingerprint density at radius 3 is 2.88 bits per heavy atom. The van der Waals surface area contributed by atoms with Crippen molar-refractivity contribution in [3.63, 3.8) is 0 Å². The van der Waals surface area contributed by atoms with Crippen LogP contribution in [0.3, 0.4) is 0 Å². The summed E-state index contributed by atoms with van der Waals surface area (Å²) in [5, 5.41) is 4.38. The van der Waals surface area contributed by atoms with Crippen LogP contribution in [0.15, 0.2) is 42.9 Å². The van der Waals surface area contributed by atoms with Gasteiger partial charge in [0.2, 0.25) is 0 Å². The fourth-order valence-electron chi connectivity index (χ4n) is 1.55. The molecule has 2 radical (unpaired) electrons. The van der Waals surface area contributed by atoms with Gasteiger partial charge >= 0.3 is 0 Å². The van der Waals surface area contributed by atoms with E-state index in [1.54, 1.807) is 23.1 Å². The number of fused-ring (bicyclic) bond motifs is 1. The number of rotatable bonds is 1. The van der Waals surface area contributed by atoms with Crippen molar-refractivity contribution in [3.05, 3.63) is 42.9 Å². The topological polar surface area (TPSA) is 43.6 Å². The molecule has 0 aliphatic rings. The van der Waals surface area contributed by atoms with E-state index in [9.17, 15) is 0 Å². The van der Waals surface area contributed by atoms with Crippen molar-refractivity contribution in [1.29, 1.82) is 0 Å². The summed E-state index contributed by atoms with van der Waals surface area (Å²) >= 11 is 0. The number of nitrogens with zero attached hydrogens (tertiary/aromatic N) is 4. The van der Waals surface area contributed by atoms with E-state index in [1.807, 2.05) is 24.4 Å². The second kappa shape index (κ2) is 3.45. The maximum atomic E-state index is 5.61. The lowest BCUT2D eigenvalue weighted by Gasteiger charge is -1.97. The third-order valence-electron chi connectivity index (χ3n) is 2.29. The highest BCUT2D eigenvalue weighted by molar-refractivity contribution is 6.31. The van der Waals surface area contributed by atoms with Gasteiger partial charge in [-0.25, -0.2) is 4.68 Å². The van der Waals surface area contributed by atoms with E-state index in [0.29, 0.717) is 5.59 Å². The molecule has 74 valence electrons. The van der Waals surface area contributed by atoms with E-state index >= 15 is 0 Å². The Kier molecular flexibility index (Phi) is 1.96. The fourth-order valence-corrected chi connectivity index (χ4v) is 1.55. The molecule has 5 heteroatoms. The Hall–Kier alpha value is -2.17. The van der Waals surface area contributed by atoms with E-state index in [0.717, 1.165) is 16.7 Å². The molecule has 3 aromatic heterocycles. The average Bonchev–Trinajstić information content (AvgIpc) is 2.73. The summed E-state index contributed by atoms with van der Waals surface area (Å²) in [4.78, 5) is 8.24. The van der Waals surface area contributed by atoms with Gasteiger partial charge in [-0.15, -0.1) is 0 Å². The third-order valence-corrected chi connectivity index (χ3v) is 2.29. The van der Waals surface area contributed by atoms with Gasteiger partial charge in [0, 0.05) is 6.20 Å². The lowest BCUT2D eigenvalue weighted by atomic mass is 10.0. The molecular weight excluding hydrogens is 199 g/mol. The van der Waals surface area contributed by atoms with Crippen LogP contribution in [-0.2, 0) is 0 Å². The molecule has 0 fully saturated rings. The fraction of sp³-hybridized carbons (Fsp3) is 0. The van der Waals surface area contributed by atoms with Crippen molar-refractivity contribution < 1.29 is 0 Å². The minimum Gasteiger partial charge on any atom is -0.262 e. The van der Waals surface area contributed by atoms with Gasteiger partial charge in [-0.1, -0.05) is 0 Å². The Bertz CT molecular complexity index is 633. The van der Waals surface area contributed by atoms with Crippen molar-refractivity contribution in [3.8, 4) is 5.69 Å². The Morgan fingerprint density at radius 1 is 1.12 bits per heavy atom. The second-order valence-electron chi connectivity index (χ2n) is 3.43. The predicted octanol–water partition coefficient (Wildman–Crippen LogP) is 0.609. The molecule has 3 rings (SSSR count). The quantitative estimate of drug-likeness (QED) is 0.548. The highest BCUT2D eigenvalue weighted by atomic mass is 15.3. The van der Waals surface area contributed by atoms with Crippen LogP contribution in [0.25, 0.3) is 16.7 Å². The van der Waals surface area contributed by atoms with Crippen LogP contribution >= 0.6 is 0 Å². The molecule has 0 bridgehead atoms. The van der Waals surface area contributed by atoms with Gasteiger partial charge in [-0.3, -0.25) is 9.97 Å². The molecule has 3 heterocycles. The minimum absolute atomic E-state index is 0.498. The molecule has 4 nitrogen and oxygen atoms in total. The molecule has 0 unspecified atom stereocenters. The van der Waals surface area contributed by atoms with Crippen LogP contribution in [-0.4, -0.2) is 27.6 Å². The van der Waals surface area contributed by atoms with Crippen molar-refractivity contribution in [1.82, 2.24) is 19.7 Å². The number of pyridine rings is 2. The molecular formula is C11H7BN4. The van der Waals surface area contributed by atoms with E-state index < -0.39 is 0 Å². The summed E-state index contributed by atoms with van der Waals surface area (Å²) in [6.45, 7) is 0. The Morgan fingerprint density at radius 2 is 2.06 bits per heavy atom. The van der Waals surface area contributed by atoms with Crippen molar-refractivity contribution >= 4 is 24.5 Å². The van der Waals surface area contributed by atoms with Gasteiger partial charge in [0.25, 0.3) is 0 Å². The van der Waals surface area contributed by atoms with Gasteiger partial charge in [0.1, 0.15) is 18.9 Å². The third kappa shape index (κ3) is 1.46. The highest BCUT2D eigenvalue weighted by Gasteiger charge is 2.03. The van der Waals surface area contributed by atoms with E-state index in [4.69, 9.17) is 7.85 Å². The first-order valence-electron chi connectivity index (χ1n) is 4.85. The monoisotopic (exact) mass is 206 g/mol. The van der Waals surface area contributed by atoms with Crippen molar-refractivity contribution in [2.75, 3.05) is 0 Å². The average molecular weight is 206 g/mol. The van der Waals surface area contributed by atoms with Crippen LogP contribution in [0.2, 0.25) is 0 Å². The number of hydrogen-bond donors (Lipinski definition) is 0. The molecule has 0 spiro atoms. The lowest BCUT2D eigenvalue weighted by Crippen LogP contribution is -2.05. The Balaban J connectivity index is 2.19. The molecule has 0 amide bonds. The Labute approximate surface area is 93.4 Å². The van der Waals surface area contributed by atoms with Crippen LogP contribution in [0.5, 0.6) is 0 Å². The van der Waals surface area contributed by atoms with E-state index in [1.165, 1.54) is 0 Å². The van der Waals surface area contributed by atoms with Gasteiger partial charge in [-0.05, 0) is 29.9 Å². The molecule has 0 aliphatic carbocycles. The summed E-state index contributed by atoms with van der Waals surface area (Å²) in [5.74, 6) is 0. The summed E-state index contributed by atoms with van der Waals surface area (Å²) in [7, 11) is 5.61. The highest BCUT2D eigenvalue weighted by Crippen LogP contribution is 2.11. The van der Waals surface area contributed by atoms with Gasteiger partial charge < -0.3 is 0 Å². The molecule has 16 heavy (non-hydrogen) atoms. The standard InChI is InChI=1S/C11H7BN4/c12-11-4-3-9-10(14-11)7-16(15-9)8-2-1-5-13-6-8/h1-7H. The summed E-state index contributed by atoms with van der Waals surface area (Å²) in [6, 6.07) is 7.39. The van der Waals surface area contributed by atoms with Gasteiger partial charge in [0.15, 0.2) is 0 Å². The zero-order chi connectivity index (χ0) is 11.0. The van der Waals surface area contributed by atoms with Crippen LogP contribution in [0.4, 0.5) is 0 Å². The lowest BCUT2D eigenvalue weighted by molar-refractivity contribution is 0.889. The smallest absolute Gasteiger partial charge is 0.141 e. The predicted molar refractivity (Wildman–Crippen MR) is 62.0 cm³/mol. The van der Waals surface area contributed by atoms with E-state index in [2.05, 4.69) is 15.1 Å². The summed E-state index contributed by atoms with van der Waals surface area (Å²) < 4.78 is 1.74. The molecule has 0 aliphatic heterocycles. The van der Waals surface area contributed by atoms with Crippen molar-refractivity contribution in [2.24, 2.45) is 0 Å². The summed E-state index contributed by atoms with van der Waals surface area (Å²) in [6.07, 6.45) is 5.31. The summed E-state index contributed by atoms with van der Waals surface area (Å²) in [5.41, 5.74) is 3.00. The zero-order valence-electron chi connectivity index (χ0n) is 8.41. The largest absolute Gasteiger partial charge is 0.262 e. The minimum atomic E-state index is 0.498.